The van der Waals surface area contributed by atoms with Gasteiger partial charge in [-0.15, -0.1) is 0 Å². The van der Waals surface area contributed by atoms with Crippen LogP contribution in [-0.4, -0.2) is 23.4 Å². The molecule has 2 aliphatic rings. The molecule has 0 aromatic rings. The van der Waals surface area contributed by atoms with E-state index in [0.717, 1.165) is 6.42 Å². The van der Waals surface area contributed by atoms with Crippen molar-refractivity contribution in [1.82, 2.24) is 0 Å². The Bertz CT molecular complexity index is 181. The quantitative estimate of drug-likeness (QED) is 0.638. The maximum Gasteiger partial charge on any atom is 0.0920 e. The predicted molar refractivity (Wildman–Crippen MR) is 46.9 cm³/mol. The second-order valence-electron chi connectivity index (χ2n) is 4.61. The van der Waals surface area contributed by atoms with E-state index in [1.54, 1.807) is 0 Å². The first-order valence-electron chi connectivity index (χ1n) is 4.94. The second-order valence-corrected chi connectivity index (χ2v) is 4.61. The SMILES string of the molecule is CC(CO)[C@H]1CC[C@@]2(C)O[C@H]2C1. The van der Waals surface area contributed by atoms with Crippen LogP contribution in [-0.2, 0) is 4.74 Å². The largest absolute Gasteiger partial charge is 0.396 e. The van der Waals surface area contributed by atoms with Crippen LogP contribution >= 0.6 is 0 Å². The van der Waals surface area contributed by atoms with Gasteiger partial charge in [0, 0.05) is 6.61 Å². The van der Waals surface area contributed by atoms with Crippen molar-refractivity contribution in [3.63, 3.8) is 0 Å². The lowest BCUT2D eigenvalue weighted by atomic mass is 9.77. The third-order valence-electron chi connectivity index (χ3n) is 3.66. The van der Waals surface area contributed by atoms with Gasteiger partial charge in [-0.3, -0.25) is 0 Å². The lowest BCUT2D eigenvalue weighted by Crippen LogP contribution is -2.26. The molecule has 1 heterocycles. The van der Waals surface area contributed by atoms with Gasteiger partial charge in [0.25, 0.3) is 0 Å². The monoisotopic (exact) mass is 170 g/mol. The normalized spacial score (nSPS) is 48.2. The number of hydrogen-bond acceptors (Lipinski definition) is 2. The van der Waals surface area contributed by atoms with Crippen molar-refractivity contribution in [3.05, 3.63) is 0 Å². The van der Waals surface area contributed by atoms with E-state index in [2.05, 4.69) is 13.8 Å². The summed E-state index contributed by atoms with van der Waals surface area (Å²) in [5.74, 6) is 1.15. The molecule has 1 saturated heterocycles. The summed E-state index contributed by atoms with van der Waals surface area (Å²) in [4.78, 5) is 0. The topological polar surface area (TPSA) is 32.8 Å². The van der Waals surface area contributed by atoms with Crippen LogP contribution in [0, 0.1) is 11.8 Å². The molecule has 0 spiro atoms. The summed E-state index contributed by atoms with van der Waals surface area (Å²) in [5, 5.41) is 9.01. The Hall–Kier alpha value is -0.0800. The summed E-state index contributed by atoms with van der Waals surface area (Å²) in [6.45, 7) is 4.67. The van der Waals surface area contributed by atoms with Crippen LogP contribution in [0.25, 0.3) is 0 Å². The van der Waals surface area contributed by atoms with Gasteiger partial charge >= 0.3 is 0 Å². The summed E-state index contributed by atoms with van der Waals surface area (Å²) >= 11 is 0. The number of aliphatic hydroxyl groups excluding tert-OH is 1. The van der Waals surface area contributed by atoms with E-state index in [0.29, 0.717) is 24.5 Å². The minimum Gasteiger partial charge on any atom is -0.396 e. The summed E-state index contributed by atoms with van der Waals surface area (Å²) in [6, 6.07) is 0. The summed E-state index contributed by atoms with van der Waals surface area (Å²) in [6.07, 6.45) is 4.09. The molecule has 0 bridgehead atoms. The van der Waals surface area contributed by atoms with Gasteiger partial charge in [0.05, 0.1) is 11.7 Å². The highest BCUT2D eigenvalue weighted by Crippen LogP contribution is 2.50. The molecule has 1 aliphatic heterocycles. The molecule has 2 heteroatoms. The van der Waals surface area contributed by atoms with E-state index >= 15 is 0 Å². The summed E-state index contributed by atoms with van der Waals surface area (Å²) < 4.78 is 5.61. The third-order valence-corrected chi connectivity index (χ3v) is 3.66. The number of fused-ring (bicyclic) bond motifs is 1. The lowest BCUT2D eigenvalue weighted by molar-refractivity contribution is 0.162. The molecule has 4 atom stereocenters. The Morgan fingerprint density at radius 1 is 1.67 bits per heavy atom. The van der Waals surface area contributed by atoms with Crippen LogP contribution in [0.5, 0.6) is 0 Å². The van der Waals surface area contributed by atoms with Crippen LogP contribution < -0.4 is 0 Å². The van der Waals surface area contributed by atoms with Crippen molar-refractivity contribution in [2.75, 3.05) is 6.61 Å². The molecule has 0 amide bonds. The average molecular weight is 170 g/mol. The molecule has 1 aliphatic carbocycles. The second kappa shape index (κ2) is 2.71. The number of ether oxygens (including phenoxy) is 1. The first-order valence-corrected chi connectivity index (χ1v) is 4.94. The van der Waals surface area contributed by atoms with E-state index in [1.807, 2.05) is 0 Å². The van der Waals surface area contributed by atoms with E-state index in [-0.39, 0.29) is 5.60 Å². The smallest absolute Gasteiger partial charge is 0.0920 e. The van der Waals surface area contributed by atoms with E-state index in [1.165, 1.54) is 12.8 Å². The molecule has 2 fully saturated rings. The van der Waals surface area contributed by atoms with Crippen LogP contribution in [0.15, 0.2) is 0 Å². The van der Waals surface area contributed by atoms with Crippen LogP contribution in [0.1, 0.15) is 33.1 Å². The average Bonchev–Trinajstić information content (AvgIpc) is 2.73. The molecular formula is C10H18O2. The van der Waals surface area contributed by atoms with Crippen LogP contribution in [0.3, 0.4) is 0 Å². The Balaban J connectivity index is 1.89. The fraction of sp³-hybridized carbons (Fsp3) is 1.00. The number of epoxide rings is 1. The predicted octanol–water partition coefficient (Wildman–Crippen LogP) is 1.57. The number of rotatable bonds is 2. The van der Waals surface area contributed by atoms with Gasteiger partial charge in [0.2, 0.25) is 0 Å². The molecule has 2 nitrogen and oxygen atoms in total. The molecule has 0 aromatic heterocycles. The third kappa shape index (κ3) is 1.27. The first-order chi connectivity index (χ1) is 5.65. The number of hydrogen-bond donors (Lipinski definition) is 1. The van der Waals surface area contributed by atoms with Gasteiger partial charge in [-0.1, -0.05) is 6.92 Å². The fourth-order valence-electron chi connectivity index (χ4n) is 2.34. The van der Waals surface area contributed by atoms with Crippen LogP contribution in [0.2, 0.25) is 0 Å². The fourth-order valence-corrected chi connectivity index (χ4v) is 2.34. The lowest BCUT2D eigenvalue weighted by Gasteiger charge is -2.26. The summed E-state index contributed by atoms with van der Waals surface area (Å²) in [7, 11) is 0. The highest BCUT2D eigenvalue weighted by Gasteiger charge is 2.55. The zero-order valence-electron chi connectivity index (χ0n) is 7.92. The van der Waals surface area contributed by atoms with Gasteiger partial charge in [0.15, 0.2) is 0 Å². The minimum atomic E-state index is 0.228. The van der Waals surface area contributed by atoms with E-state index in [4.69, 9.17) is 9.84 Å². The molecule has 0 radical (unpaired) electrons. The molecule has 12 heavy (non-hydrogen) atoms. The van der Waals surface area contributed by atoms with E-state index < -0.39 is 0 Å². The maximum atomic E-state index is 9.01. The highest BCUT2D eigenvalue weighted by molar-refractivity contribution is 5.03. The van der Waals surface area contributed by atoms with Gasteiger partial charge < -0.3 is 9.84 Å². The van der Waals surface area contributed by atoms with Crippen molar-refractivity contribution >= 4 is 0 Å². The van der Waals surface area contributed by atoms with Crippen molar-refractivity contribution in [2.24, 2.45) is 11.8 Å². The zero-order valence-corrected chi connectivity index (χ0v) is 7.92. The van der Waals surface area contributed by atoms with Crippen molar-refractivity contribution in [3.8, 4) is 0 Å². The van der Waals surface area contributed by atoms with Gasteiger partial charge in [0.1, 0.15) is 0 Å². The first kappa shape index (κ1) is 8.52. The molecule has 0 aromatic carbocycles. The van der Waals surface area contributed by atoms with Crippen molar-refractivity contribution < 1.29 is 9.84 Å². The van der Waals surface area contributed by atoms with Gasteiger partial charge in [-0.05, 0) is 38.0 Å². The minimum absolute atomic E-state index is 0.228. The molecule has 1 N–H and O–H groups in total. The van der Waals surface area contributed by atoms with Crippen molar-refractivity contribution in [1.29, 1.82) is 0 Å². The van der Waals surface area contributed by atoms with E-state index in [9.17, 15) is 0 Å². The zero-order chi connectivity index (χ0) is 8.77. The summed E-state index contributed by atoms with van der Waals surface area (Å²) in [5.41, 5.74) is 0.228. The van der Waals surface area contributed by atoms with Gasteiger partial charge in [-0.25, -0.2) is 0 Å². The number of aliphatic hydroxyl groups is 1. The Morgan fingerprint density at radius 2 is 2.42 bits per heavy atom. The molecule has 70 valence electrons. The maximum absolute atomic E-state index is 9.01. The molecule has 2 rings (SSSR count). The van der Waals surface area contributed by atoms with Crippen molar-refractivity contribution in [2.45, 2.75) is 44.8 Å². The highest BCUT2D eigenvalue weighted by atomic mass is 16.6. The van der Waals surface area contributed by atoms with Gasteiger partial charge in [-0.2, -0.15) is 0 Å². The Morgan fingerprint density at radius 3 is 3.00 bits per heavy atom. The molecule has 1 unspecified atom stereocenters. The standard InChI is InChI=1S/C10H18O2/c1-7(6-11)8-3-4-10(2)9(5-8)12-10/h7-9,11H,3-6H2,1-2H3/t7?,8-,9-,10+/m0/s1. The van der Waals surface area contributed by atoms with Crippen LogP contribution in [0.4, 0.5) is 0 Å². The Kier molecular flexibility index (Phi) is 1.92. The Labute approximate surface area is 73.9 Å². The molecular weight excluding hydrogens is 152 g/mol. The molecule has 1 saturated carbocycles.